The van der Waals surface area contributed by atoms with Crippen molar-refractivity contribution in [3.63, 3.8) is 0 Å². The number of fused-ring (bicyclic) bond motifs is 1. The summed E-state index contributed by atoms with van der Waals surface area (Å²) >= 11 is 0. The van der Waals surface area contributed by atoms with E-state index in [0.717, 1.165) is 36.9 Å². The lowest BCUT2D eigenvalue weighted by atomic mass is 9.94. The van der Waals surface area contributed by atoms with E-state index in [2.05, 4.69) is 16.2 Å². The van der Waals surface area contributed by atoms with E-state index >= 15 is 0 Å². The van der Waals surface area contributed by atoms with Crippen LogP contribution in [0.5, 0.6) is 0 Å². The molecule has 0 saturated carbocycles. The van der Waals surface area contributed by atoms with Crippen molar-refractivity contribution in [1.82, 2.24) is 4.98 Å². The second-order valence-corrected chi connectivity index (χ2v) is 4.38. The molecule has 1 aliphatic rings. The predicted octanol–water partition coefficient (Wildman–Crippen LogP) is 2.09. The molecule has 0 amide bonds. The number of carbonyl (C=O) groups is 1. The fourth-order valence-electron chi connectivity index (χ4n) is 2.18. The van der Waals surface area contributed by atoms with Crippen LogP contribution in [-0.4, -0.2) is 22.6 Å². The van der Waals surface area contributed by atoms with E-state index in [1.54, 1.807) is 6.07 Å². The Bertz CT molecular complexity index is 503. The Morgan fingerprint density at radius 2 is 2.28 bits per heavy atom. The highest BCUT2D eigenvalue weighted by atomic mass is 16.4. The summed E-state index contributed by atoms with van der Waals surface area (Å²) in [6.07, 6.45) is 9.81. The Balaban J connectivity index is 2.30. The molecule has 0 aliphatic heterocycles. The standard InChI is InChI=1S/C14H16N2O2/c1-2-3-8-15-13-11(14(17)18)9-10-6-4-5-7-12(10)16-13/h1,9H,3-8H2,(H,15,16)(H,17,18). The average Bonchev–Trinajstić information content (AvgIpc) is 2.38. The topological polar surface area (TPSA) is 62.2 Å². The zero-order chi connectivity index (χ0) is 13.0. The highest BCUT2D eigenvalue weighted by Crippen LogP contribution is 2.24. The minimum atomic E-state index is -0.945. The van der Waals surface area contributed by atoms with Crippen molar-refractivity contribution in [3.8, 4) is 12.3 Å². The second kappa shape index (κ2) is 5.54. The van der Waals surface area contributed by atoms with E-state index in [9.17, 15) is 9.90 Å². The number of aryl methyl sites for hydroxylation is 2. The fourth-order valence-corrected chi connectivity index (χ4v) is 2.18. The minimum Gasteiger partial charge on any atom is -0.478 e. The number of anilines is 1. The van der Waals surface area contributed by atoms with Gasteiger partial charge in [-0.25, -0.2) is 9.78 Å². The molecule has 94 valence electrons. The van der Waals surface area contributed by atoms with Crippen LogP contribution in [0.4, 0.5) is 5.82 Å². The summed E-state index contributed by atoms with van der Waals surface area (Å²) in [5, 5.41) is 12.2. The van der Waals surface area contributed by atoms with Gasteiger partial charge in [-0.15, -0.1) is 12.3 Å². The van der Waals surface area contributed by atoms with Gasteiger partial charge >= 0.3 is 5.97 Å². The van der Waals surface area contributed by atoms with E-state index in [-0.39, 0.29) is 5.56 Å². The third kappa shape index (κ3) is 2.62. The molecule has 1 aromatic rings. The maximum atomic E-state index is 11.2. The summed E-state index contributed by atoms with van der Waals surface area (Å²) in [6.45, 7) is 0.544. The molecule has 0 radical (unpaired) electrons. The number of pyridine rings is 1. The lowest BCUT2D eigenvalue weighted by molar-refractivity contribution is 0.0697. The van der Waals surface area contributed by atoms with Crippen LogP contribution in [0.15, 0.2) is 6.07 Å². The first-order valence-electron chi connectivity index (χ1n) is 6.16. The molecule has 0 unspecified atom stereocenters. The summed E-state index contributed by atoms with van der Waals surface area (Å²) in [6, 6.07) is 1.75. The molecule has 1 aromatic heterocycles. The molecule has 4 heteroatoms. The van der Waals surface area contributed by atoms with Gasteiger partial charge in [0, 0.05) is 18.7 Å². The molecule has 2 N–H and O–H groups in total. The van der Waals surface area contributed by atoms with E-state index in [1.807, 2.05) is 0 Å². The van der Waals surface area contributed by atoms with Gasteiger partial charge in [0.1, 0.15) is 11.4 Å². The van der Waals surface area contributed by atoms with E-state index in [0.29, 0.717) is 18.8 Å². The normalized spacial score (nSPS) is 13.5. The zero-order valence-electron chi connectivity index (χ0n) is 10.2. The molecule has 0 aromatic carbocycles. The van der Waals surface area contributed by atoms with Gasteiger partial charge in [-0.1, -0.05) is 0 Å². The van der Waals surface area contributed by atoms with Crippen LogP contribution < -0.4 is 5.32 Å². The lowest BCUT2D eigenvalue weighted by Crippen LogP contribution is -2.14. The first kappa shape index (κ1) is 12.4. The molecule has 4 nitrogen and oxygen atoms in total. The smallest absolute Gasteiger partial charge is 0.339 e. The van der Waals surface area contributed by atoms with Gasteiger partial charge in [0.2, 0.25) is 0 Å². The molecule has 18 heavy (non-hydrogen) atoms. The lowest BCUT2D eigenvalue weighted by Gasteiger charge is -2.17. The van der Waals surface area contributed by atoms with E-state index in [4.69, 9.17) is 6.42 Å². The van der Waals surface area contributed by atoms with Gasteiger partial charge in [-0.05, 0) is 37.3 Å². The van der Waals surface area contributed by atoms with Crippen molar-refractivity contribution in [3.05, 3.63) is 22.9 Å². The summed E-state index contributed by atoms with van der Waals surface area (Å²) < 4.78 is 0. The summed E-state index contributed by atoms with van der Waals surface area (Å²) in [5.41, 5.74) is 2.34. The monoisotopic (exact) mass is 244 g/mol. The van der Waals surface area contributed by atoms with Gasteiger partial charge in [0.25, 0.3) is 0 Å². The average molecular weight is 244 g/mol. The molecule has 0 atom stereocenters. The van der Waals surface area contributed by atoms with Crippen LogP contribution in [0.3, 0.4) is 0 Å². The highest BCUT2D eigenvalue weighted by molar-refractivity contribution is 5.93. The van der Waals surface area contributed by atoms with Crippen LogP contribution in [-0.2, 0) is 12.8 Å². The van der Waals surface area contributed by atoms with Gasteiger partial charge < -0.3 is 10.4 Å². The Hall–Kier alpha value is -2.02. The van der Waals surface area contributed by atoms with Gasteiger partial charge in [0.05, 0.1) is 0 Å². The molecule has 0 saturated heterocycles. The van der Waals surface area contributed by atoms with Crippen molar-refractivity contribution in [2.24, 2.45) is 0 Å². The van der Waals surface area contributed by atoms with Gasteiger partial charge in [-0.3, -0.25) is 0 Å². The zero-order valence-corrected chi connectivity index (χ0v) is 10.2. The first-order chi connectivity index (χ1) is 8.72. The highest BCUT2D eigenvalue weighted by Gasteiger charge is 2.18. The number of rotatable bonds is 4. The summed E-state index contributed by atoms with van der Waals surface area (Å²) in [7, 11) is 0. The number of nitrogens with one attached hydrogen (secondary N) is 1. The van der Waals surface area contributed by atoms with Gasteiger partial charge in [-0.2, -0.15) is 0 Å². The largest absolute Gasteiger partial charge is 0.478 e. The number of terminal acetylenes is 1. The maximum Gasteiger partial charge on any atom is 0.339 e. The van der Waals surface area contributed by atoms with E-state index in [1.165, 1.54) is 0 Å². The van der Waals surface area contributed by atoms with E-state index < -0.39 is 5.97 Å². The maximum absolute atomic E-state index is 11.2. The first-order valence-corrected chi connectivity index (χ1v) is 6.16. The number of aromatic carboxylic acids is 1. The quantitative estimate of drug-likeness (QED) is 0.629. The molecular formula is C14H16N2O2. The Morgan fingerprint density at radius 3 is 3.00 bits per heavy atom. The number of hydrogen-bond donors (Lipinski definition) is 2. The third-order valence-electron chi connectivity index (χ3n) is 3.09. The minimum absolute atomic E-state index is 0.243. The molecule has 0 bridgehead atoms. The van der Waals surface area contributed by atoms with Crippen molar-refractivity contribution in [1.29, 1.82) is 0 Å². The van der Waals surface area contributed by atoms with Gasteiger partial charge in [0.15, 0.2) is 0 Å². The van der Waals surface area contributed by atoms with Crippen molar-refractivity contribution < 1.29 is 9.90 Å². The molecule has 0 fully saturated rings. The van der Waals surface area contributed by atoms with Crippen LogP contribution in [0.25, 0.3) is 0 Å². The Labute approximate surface area is 106 Å². The predicted molar refractivity (Wildman–Crippen MR) is 69.8 cm³/mol. The number of nitrogens with zero attached hydrogens (tertiary/aromatic N) is 1. The van der Waals surface area contributed by atoms with Crippen LogP contribution in [0.1, 0.15) is 40.9 Å². The molecule has 1 aliphatic carbocycles. The summed E-state index contributed by atoms with van der Waals surface area (Å²) in [5.74, 6) is 2.01. The molecule has 1 heterocycles. The Kier molecular flexibility index (Phi) is 3.83. The van der Waals surface area contributed by atoms with Crippen molar-refractivity contribution in [2.75, 3.05) is 11.9 Å². The number of carboxylic acids is 1. The van der Waals surface area contributed by atoms with Crippen LogP contribution >= 0.6 is 0 Å². The van der Waals surface area contributed by atoms with Crippen LogP contribution in [0.2, 0.25) is 0 Å². The number of aromatic nitrogens is 1. The Morgan fingerprint density at radius 1 is 1.50 bits per heavy atom. The SMILES string of the molecule is C#CCCNc1nc2c(cc1C(=O)O)CCCC2. The number of hydrogen-bond acceptors (Lipinski definition) is 3. The molecule has 0 spiro atoms. The summed E-state index contributed by atoms with van der Waals surface area (Å²) in [4.78, 5) is 15.7. The van der Waals surface area contributed by atoms with Crippen molar-refractivity contribution in [2.45, 2.75) is 32.1 Å². The third-order valence-corrected chi connectivity index (χ3v) is 3.09. The molecular weight excluding hydrogens is 228 g/mol. The van der Waals surface area contributed by atoms with Crippen LogP contribution in [0, 0.1) is 12.3 Å². The molecule has 2 rings (SSSR count). The fraction of sp³-hybridized carbons (Fsp3) is 0.429. The number of carboxylic acid groups (broad SMARTS) is 1. The van der Waals surface area contributed by atoms with Crippen molar-refractivity contribution >= 4 is 11.8 Å². The second-order valence-electron chi connectivity index (χ2n) is 4.38.